The van der Waals surface area contributed by atoms with E-state index in [-0.39, 0.29) is 11.1 Å². The van der Waals surface area contributed by atoms with Crippen LogP contribution in [0.4, 0.5) is 4.39 Å². The van der Waals surface area contributed by atoms with E-state index in [2.05, 4.69) is 28.1 Å². The summed E-state index contributed by atoms with van der Waals surface area (Å²) in [5, 5.41) is 10.6. The second-order valence-corrected chi connectivity index (χ2v) is 7.11. The first kappa shape index (κ1) is 14.1. The lowest BCUT2D eigenvalue weighted by molar-refractivity contribution is 0.172. The Bertz CT molecular complexity index is 607. The van der Waals surface area contributed by atoms with Crippen LogP contribution in [0.1, 0.15) is 11.1 Å². The van der Waals surface area contributed by atoms with E-state index in [4.69, 9.17) is 0 Å². The summed E-state index contributed by atoms with van der Waals surface area (Å²) in [6.45, 7) is 0. The molecule has 2 aromatic carbocycles. The highest BCUT2D eigenvalue weighted by Gasteiger charge is 2.28. The Labute approximate surface area is 130 Å². The van der Waals surface area contributed by atoms with Gasteiger partial charge in [0, 0.05) is 21.0 Å². The van der Waals surface area contributed by atoms with Gasteiger partial charge in [-0.15, -0.1) is 11.8 Å². The first-order chi connectivity index (χ1) is 9.63. The average Bonchev–Trinajstić information content (AvgIpc) is 2.87. The second kappa shape index (κ2) is 5.88. The number of benzene rings is 2. The molecule has 0 bridgehead atoms. The molecule has 0 radical (unpaired) electrons. The minimum atomic E-state index is -0.481. The van der Waals surface area contributed by atoms with Gasteiger partial charge in [-0.25, -0.2) is 4.39 Å². The molecule has 1 aliphatic heterocycles. The van der Waals surface area contributed by atoms with Crippen LogP contribution >= 0.6 is 27.7 Å². The molecule has 0 spiro atoms. The van der Waals surface area contributed by atoms with Crippen molar-refractivity contribution in [2.24, 2.45) is 0 Å². The maximum atomic E-state index is 13.3. The van der Waals surface area contributed by atoms with Gasteiger partial charge in [0.2, 0.25) is 0 Å². The molecule has 0 aromatic heterocycles. The van der Waals surface area contributed by atoms with Crippen molar-refractivity contribution in [1.82, 2.24) is 0 Å². The highest BCUT2D eigenvalue weighted by Crippen LogP contribution is 2.39. The smallest absolute Gasteiger partial charge is 0.123 e. The Hall–Kier alpha value is -0.840. The molecular weight excluding hydrogens is 339 g/mol. The number of aliphatic hydroxyl groups is 1. The van der Waals surface area contributed by atoms with E-state index in [1.54, 1.807) is 17.8 Å². The van der Waals surface area contributed by atoms with Gasteiger partial charge in [0.25, 0.3) is 0 Å². The fourth-order valence-corrected chi connectivity index (χ4v) is 4.19. The average molecular weight is 353 g/mol. The minimum Gasteiger partial charge on any atom is -0.392 e. The standard InChI is InChI=1S/C16H14BrFOS/c17-13-6-5-12(18)7-11(13)8-14(19)16-9-10-3-1-2-4-15(10)20-16/h1-7,14,16,19H,8-9H2. The van der Waals surface area contributed by atoms with E-state index in [0.717, 1.165) is 16.5 Å². The Morgan fingerprint density at radius 3 is 2.90 bits per heavy atom. The fourth-order valence-electron chi connectivity index (χ4n) is 2.48. The van der Waals surface area contributed by atoms with Crippen LogP contribution in [0, 0.1) is 5.82 Å². The van der Waals surface area contributed by atoms with Gasteiger partial charge in [-0.05, 0) is 41.8 Å². The van der Waals surface area contributed by atoms with E-state index in [0.29, 0.717) is 6.42 Å². The first-order valence-electron chi connectivity index (χ1n) is 6.50. The highest BCUT2D eigenvalue weighted by molar-refractivity contribution is 9.10. The van der Waals surface area contributed by atoms with E-state index < -0.39 is 6.10 Å². The molecule has 2 unspecified atom stereocenters. The zero-order valence-corrected chi connectivity index (χ0v) is 13.1. The molecule has 0 aliphatic carbocycles. The number of hydrogen-bond acceptors (Lipinski definition) is 2. The topological polar surface area (TPSA) is 20.2 Å². The summed E-state index contributed by atoms with van der Waals surface area (Å²) >= 11 is 5.13. The Morgan fingerprint density at radius 2 is 2.10 bits per heavy atom. The van der Waals surface area contributed by atoms with E-state index in [1.807, 2.05) is 12.1 Å². The molecule has 0 fully saturated rings. The van der Waals surface area contributed by atoms with Crippen LogP contribution in [0.2, 0.25) is 0 Å². The number of aliphatic hydroxyl groups excluding tert-OH is 1. The Kier molecular flexibility index (Phi) is 4.15. The second-order valence-electron chi connectivity index (χ2n) is 4.98. The fraction of sp³-hybridized carbons (Fsp3) is 0.250. The van der Waals surface area contributed by atoms with Crippen molar-refractivity contribution in [2.75, 3.05) is 0 Å². The number of thioether (sulfide) groups is 1. The van der Waals surface area contributed by atoms with Gasteiger partial charge >= 0.3 is 0 Å². The molecule has 3 rings (SSSR count). The lowest BCUT2D eigenvalue weighted by Crippen LogP contribution is -2.25. The summed E-state index contributed by atoms with van der Waals surface area (Å²) < 4.78 is 14.1. The van der Waals surface area contributed by atoms with E-state index in [9.17, 15) is 9.50 Å². The number of hydrogen-bond donors (Lipinski definition) is 1. The van der Waals surface area contributed by atoms with Gasteiger partial charge in [-0.1, -0.05) is 34.1 Å². The molecule has 0 saturated carbocycles. The van der Waals surface area contributed by atoms with Crippen LogP contribution < -0.4 is 0 Å². The maximum Gasteiger partial charge on any atom is 0.123 e. The third kappa shape index (κ3) is 2.92. The van der Waals surface area contributed by atoms with Crippen LogP contribution in [0.15, 0.2) is 51.8 Å². The van der Waals surface area contributed by atoms with Crippen LogP contribution in [0.3, 0.4) is 0 Å². The van der Waals surface area contributed by atoms with Gasteiger partial charge < -0.3 is 5.11 Å². The molecule has 1 aliphatic rings. The Balaban J connectivity index is 1.72. The summed E-state index contributed by atoms with van der Waals surface area (Å²) in [5.41, 5.74) is 2.11. The van der Waals surface area contributed by atoms with Crippen molar-refractivity contribution in [1.29, 1.82) is 0 Å². The molecule has 4 heteroatoms. The molecule has 1 nitrogen and oxygen atoms in total. The predicted octanol–water partition coefficient (Wildman–Crippen LogP) is 4.21. The summed E-state index contributed by atoms with van der Waals surface area (Å²) in [5.74, 6) is -0.266. The van der Waals surface area contributed by atoms with Crippen LogP contribution in [0.25, 0.3) is 0 Å². The molecule has 2 atom stereocenters. The van der Waals surface area contributed by atoms with Crippen LogP contribution in [-0.4, -0.2) is 16.5 Å². The molecule has 104 valence electrons. The molecule has 1 heterocycles. The summed E-state index contributed by atoms with van der Waals surface area (Å²) in [6.07, 6.45) is 0.851. The zero-order valence-electron chi connectivity index (χ0n) is 10.7. The van der Waals surface area contributed by atoms with Crippen molar-refractivity contribution < 1.29 is 9.50 Å². The third-order valence-corrected chi connectivity index (χ3v) is 5.75. The molecule has 0 amide bonds. The Morgan fingerprint density at radius 1 is 1.30 bits per heavy atom. The summed E-state index contributed by atoms with van der Waals surface area (Å²) in [4.78, 5) is 1.25. The highest BCUT2D eigenvalue weighted by atomic mass is 79.9. The minimum absolute atomic E-state index is 0.141. The van der Waals surface area contributed by atoms with Gasteiger partial charge in [0.05, 0.1) is 6.10 Å². The van der Waals surface area contributed by atoms with Crippen molar-refractivity contribution in [3.05, 3.63) is 63.9 Å². The predicted molar refractivity (Wildman–Crippen MR) is 83.6 cm³/mol. The molecule has 0 saturated heterocycles. The monoisotopic (exact) mass is 352 g/mol. The van der Waals surface area contributed by atoms with Crippen molar-refractivity contribution in [3.63, 3.8) is 0 Å². The first-order valence-corrected chi connectivity index (χ1v) is 8.17. The summed E-state index contributed by atoms with van der Waals surface area (Å²) in [7, 11) is 0. The van der Waals surface area contributed by atoms with E-state index >= 15 is 0 Å². The van der Waals surface area contributed by atoms with Gasteiger partial charge in [0.15, 0.2) is 0 Å². The van der Waals surface area contributed by atoms with Gasteiger partial charge in [-0.2, -0.15) is 0 Å². The summed E-state index contributed by atoms with van der Waals surface area (Å²) in [6, 6.07) is 12.8. The van der Waals surface area contributed by atoms with Crippen molar-refractivity contribution in [3.8, 4) is 0 Å². The number of rotatable bonds is 3. The SMILES string of the molecule is OC(Cc1cc(F)ccc1Br)C1Cc2ccccc2S1. The number of fused-ring (bicyclic) bond motifs is 1. The van der Waals surface area contributed by atoms with Crippen molar-refractivity contribution >= 4 is 27.7 Å². The normalized spacial score (nSPS) is 18.9. The third-order valence-electron chi connectivity index (χ3n) is 3.54. The van der Waals surface area contributed by atoms with Crippen LogP contribution in [-0.2, 0) is 12.8 Å². The lowest BCUT2D eigenvalue weighted by atomic mass is 10.0. The molecule has 2 aromatic rings. The van der Waals surface area contributed by atoms with E-state index in [1.165, 1.54) is 22.6 Å². The lowest BCUT2D eigenvalue weighted by Gasteiger charge is -2.17. The number of halogens is 2. The molecular formula is C16H14BrFOS. The maximum absolute atomic E-state index is 13.3. The molecule has 1 N–H and O–H groups in total. The van der Waals surface area contributed by atoms with Gasteiger partial charge in [-0.3, -0.25) is 0 Å². The largest absolute Gasteiger partial charge is 0.392 e. The zero-order chi connectivity index (χ0) is 14.1. The van der Waals surface area contributed by atoms with Crippen molar-refractivity contribution in [2.45, 2.75) is 29.1 Å². The quantitative estimate of drug-likeness (QED) is 0.892. The van der Waals surface area contributed by atoms with Gasteiger partial charge in [0.1, 0.15) is 5.82 Å². The molecule has 20 heavy (non-hydrogen) atoms. The van der Waals surface area contributed by atoms with Crippen LogP contribution in [0.5, 0.6) is 0 Å².